The van der Waals surface area contributed by atoms with Crippen LogP contribution in [0.3, 0.4) is 0 Å². The summed E-state index contributed by atoms with van der Waals surface area (Å²) >= 11 is 12.1. The van der Waals surface area contributed by atoms with Crippen molar-refractivity contribution >= 4 is 58.5 Å². The van der Waals surface area contributed by atoms with Gasteiger partial charge in [0.2, 0.25) is 5.91 Å². The molecule has 0 saturated carbocycles. The van der Waals surface area contributed by atoms with E-state index in [2.05, 4.69) is 15.4 Å². The van der Waals surface area contributed by atoms with E-state index in [4.69, 9.17) is 23.2 Å². The monoisotopic (exact) mass is 537 g/mol. The molecule has 5 amide bonds. The quantitative estimate of drug-likeness (QED) is 0.281. The predicted octanol–water partition coefficient (Wildman–Crippen LogP) is 3.55. The number of hydroxylamine groups is 2. The van der Waals surface area contributed by atoms with Gasteiger partial charge in [0.05, 0.1) is 12.6 Å². The Morgan fingerprint density at radius 3 is 2.36 bits per heavy atom. The molecule has 0 bridgehead atoms. The number of ether oxygens (including phenoxy) is 1. The number of urea groups is 2. The van der Waals surface area contributed by atoms with Gasteiger partial charge in [-0.15, -0.1) is 0 Å². The molecule has 0 radical (unpaired) electrons. The number of rotatable bonds is 7. The van der Waals surface area contributed by atoms with Crippen LogP contribution in [0.5, 0.6) is 0 Å². The summed E-state index contributed by atoms with van der Waals surface area (Å²) in [7, 11) is 1.18. The number of amides is 5. The number of anilines is 2. The van der Waals surface area contributed by atoms with E-state index in [9.17, 15) is 24.4 Å². The van der Waals surface area contributed by atoms with E-state index in [1.807, 2.05) is 0 Å². The van der Waals surface area contributed by atoms with Crippen molar-refractivity contribution in [3.05, 3.63) is 58.6 Å². The molecule has 36 heavy (non-hydrogen) atoms. The van der Waals surface area contributed by atoms with Gasteiger partial charge in [0, 0.05) is 21.4 Å². The maximum absolute atomic E-state index is 13.6. The second-order valence-electron chi connectivity index (χ2n) is 8.38. The van der Waals surface area contributed by atoms with Crippen LogP contribution in [0.25, 0.3) is 0 Å². The molecule has 0 aromatic heterocycles. The van der Waals surface area contributed by atoms with Crippen molar-refractivity contribution in [2.75, 3.05) is 30.4 Å². The SMILES string of the molecule is COC(=O)CNC(=O)CN1C(=O)N(c2cccc(Cl)c2)[C@@H](N(O)C(=O)Nc2cccc(Cl)c2)C1(C)C. The second-order valence-corrected chi connectivity index (χ2v) is 9.26. The molecule has 0 spiro atoms. The molecular weight excluding hydrogens is 513 g/mol. The van der Waals surface area contributed by atoms with Crippen LogP contribution in [0.2, 0.25) is 10.0 Å². The lowest BCUT2D eigenvalue weighted by atomic mass is 9.99. The van der Waals surface area contributed by atoms with Gasteiger partial charge in [-0.3, -0.25) is 19.7 Å². The zero-order valence-electron chi connectivity index (χ0n) is 19.7. The molecule has 1 saturated heterocycles. The Bertz CT molecular complexity index is 1180. The van der Waals surface area contributed by atoms with Gasteiger partial charge in [-0.25, -0.2) is 9.59 Å². The van der Waals surface area contributed by atoms with Crippen molar-refractivity contribution in [1.82, 2.24) is 15.3 Å². The summed E-state index contributed by atoms with van der Waals surface area (Å²) in [5.41, 5.74) is -0.678. The average molecular weight is 538 g/mol. The molecule has 13 heteroatoms. The Kier molecular flexibility index (Phi) is 8.28. The van der Waals surface area contributed by atoms with Crippen molar-refractivity contribution in [3.63, 3.8) is 0 Å². The molecular formula is C23H25Cl2N5O6. The lowest BCUT2D eigenvalue weighted by Gasteiger charge is -2.38. The zero-order chi connectivity index (χ0) is 26.6. The van der Waals surface area contributed by atoms with E-state index in [1.54, 1.807) is 50.2 Å². The molecule has 3 rings (SSSR count). The number of carbonyl (C=O) groups is 4. The van der Waals surface area contributed by atoms with Gasteiger partial charge in [0.1, 0.15) is 13.1 Å². The summed E-state index contributed by atoms with van der Waals surface area (Å²) in [5, 5.41) is 17.0. The van der Waals surface area contributed by atoms with Crippen molar-refractivity contribution in [2.45, 2.75) is 25.6 Å². The molecule has 11 nitrogen and oxygen atoms in total. The molecule has 2 aromatic rings. The first-order chi connectivity index (χ1) is 16.9. The highest BCUT2D eigenvalue weighted by molar-refractivity contribution is 6.31. The van der Waals surface area contributed by atoms with E-state index < -0.39 is 42.2 Å². The second kappa shape index (κ2) is 11.0. The van der Waals surface area contributed by atoms with E-state index in [0.29, 0.717) is 20.8 Å². The van der Waals surface area contributed by atoms with Gasteiger partial charge >= 0.3 is 18.0 Å². The first-order valence-electron chi connectivity index (χ1n) is 10.7. The predicted molar refractivity (Wildman–Crippen MR) is 133 cm³/mol. The van der Waals surface area contributed by atoms with Crippen LogP contribution in [0, 0.1) is 0 Å². The molecule has 1 heterocycles. The highest BCUT2D eigenvalue weighted by atomic mass is 35.5. The van der Waals surface area contributed by atoms with Crippen molar-refractivity contribution < 1.29 is 29.1 Å². The summed E-state index contributed by atoms with van der Waals surface area (Å²) in [6.45, 7) is 2.33. The van der Waals surface area contributed by atoms with Gasteiger partial charge in [-0.05, 0) is 50.2 Å². The third kappa shape index (κ3) is 5.81. The number of nitrogens with zero attached hydrogens (tertiary/aromatic N) is 3. The summed E-state index contributed by atoms with van der Waals surface area (Å²) in [6.07, 6.45) is -1.28. The largest absolute Gasteiger partial charge is 0.468 e. The fraction of sp³-hybridized carbons (Fsp3) is 0.304. The van der Waals surface area contributed by atoms with E-state index in [-0.39, 0.29) is 12.2 Å². The van der Waals surface area contributed by atoms with Crippen molar-refractivity contribution in [3.8, 4) is 0 Å². The first-order valence-corrected chi connectivity index (χ1v) is 11.5. The van der Waals surface area contributed by atoms with Gasteiger partial charge in [0.25, 0.3) is 0 Å². The minimum Gasteiger partial charge on any atom is -0.468 e. The minimum atomic E-state index is -1.29. The van der Waals surface area contributed by atoms with Crippen LogP contribution in [-0.2, 0) is 14.3 Å². The first kappa shape index (κ1) is 27.1. The van der Waals surface area contributed by atoms with Gasteiger partial charge in [-0.2, -0.15) is 5.06 Å². The van der Waals surface area contributed by atoms with Crippen LogP contribution in [-0.4, -0.2) is 71.0 Å². The zero-order valence-corrected chi connectivity index (χ0v) is 21.2. The Morgan fingerprint density at radius 2 is 1.75 bits per heavy atom. The number of esters is 1. The molecule has 2 aromatic carbocycles. The molecule has 1 aliphatic rings. The lowest BCUT2D eigenvalue weighted by molar-refractivity contribution is -0.141. The van der Waals surface area contributed by atoms with Crippen LogP contribution >= 0.6 is 23.2 Å². The van der Waals surface area contributed by atoms with E-state index >= 15 is 0 Å². The topological polar surface area (TPSA) is 132 Å². The smallest absolute Gasteiger partial charge is 0.347 e. The van der Waals surface area contributed by atoms with Crippen LogP contribution < -0.4 is 15.5 Å². The van der Waals surface area contributed by atoms with E-state index in [1.165, 1.54) is 24.1 Å². The Morgan fingerprint density at radius 1 is 1.11 bits per heavy atom. The number of halogens is 2. The Balaban J connectivity index is 1.93. The summed E-state index contributed by atoms with van der Waals surface area (Å²) in [6, 6.07) is 11.0. The number of benzene rings is 2. The summed E-state index contributed by atoms with van der Waals surface area (Å²) in [5.74, 6) is -1.30. The standard InChI is InChI=1S/C23H25Cl2N5O6/c1-23(2)20(30(35)21(33)27-16-8-4-6-14(24)10-16)29(17-9-5-7-15(25)11-17)22(34)28(23)13-18(31)26-12-19(32)36-3/h4-11,20,35H,12-13H2,1-3H3,(H,26,31)(H,27,33)/t20-/m0/s1. The number of hydrogen-bond acceptors (Lipinski definition) is 6. The molecule has 0 unspecified atom stereocenters. The molecule has 1 aliphatic heterocycles. The van der Waals surface area contributed by atoms with E-state index in [0.717, 1.165) is 4.90 Å². The van der Waals surface area contributed by atoms with Crippen molar-refractivity contribution in [2.24, 2.45) is 0 Å². The maximum Gasteiger partial charge on any atom is 0.347 e. The molecule has 192 valence electrons. The minimum absolute atomic E-state index is 0.289. The highest BCUT2D eigenvalue weighted by Crippen LogP contribution is 2.38. The summed E-state index contributed by atoms with van der Waals surface area (Å²) < 4.78 is 4.50. The summed E-state index contributed by atoms with van der Waals surface area (Å²) in [4.78, 5) is 52.8. The number of carbonyl (C=O) groups excluding carboxylic acids is 4. The third-order valence-electron chi connectivity index (χ3n) is 5.57. The fourth-order valence-corrected chi connectivity index (χ4v) is 4.17. The van der Waals surface area contributed by atoms with Gasteiger partial charge < -0.3 is 20.3 Å². The fourth-order valence-electron chi connectivity index (χ4n) is 3.79. The van der Waals surface area contributed by atoms with Crippen molar-refractivity contribution in [1.29, 1.82) is 0 Å². The molecule has 1 fully saturated rings. The Labute approximate surface area is 217 Å². The number of methoxy groups -OCH3 is 1. The van der Waals surface area contributed by atoms with Gasteiger partial charge in [0.15, 0.2) is 6.17 Å². The van der Waals surface area contributed by atoms with Crippen LogP contribution in [0.4, 0.5) is 21.0 Å². The average Bonchev–Trinajstić information content (AvgIpc) is 3.02. The normalized spacial score (nSPS) is 16.5. The molecule has 0 aliphatic carbocycles. The lowest BCUT2D eigenvalue weighted by Crippen LogP contribution is -2.58. The maximum atomic E-state index is 13.6. The molecule has 3 N–H and O–H groups in total. The van der Waals surface area contributed by atoms with Crippen LogP contribution in [0.15, 0.2) is 48.5 Å². The molecule has 1 atom stereocenters. The Hall–Kier alpha value is -3.54. The number of hydrogen-bond donors (Lipinski definition) is 3. The van der Waals surface area contributed by atoms with Crippen LogP contribution in [0.1, 0.15) is 13.8 Å². The van der Waals surface area contributed by atoms with Gasteiger partial charge in [-0.1, -0.05) is 35.3 Å². The highest BCUT2D eigenvalue weighted by Gasteiger charge is 2.56. The third-order valence-corrected chi connectivity index (χ3v) is 6.04. The number of nitrogens with one attached hydrogen (secondary N) is 2.